The van der Waals surface area contributed by atoms with Crippen molar-refractivity contribution in [3.63, 3.8) is 0 Å². The highest BCUT2D eigenvalue weighted by Gasteiger charge is 2.14. The molecule has 0 aromatic carbocycles. The molecule has 1 unspecified atom stereocenters. The van der Waals surface area contributed by atoms with Gasteiger partial charge in [-0.3, -0.25) is 4.99 Å². The second-order valence-electron chi connectivity index (χ2n) is 3.16. The van der Waals surface area contributed by atoms with Crippen molar-refractivity contribution in [3.8, 4) is 0 Å². The highest BCUT2D eigenvalue weighted by molar-refractivity contribution is 5.80. The summed E-state index contributed by atoms with van der Waals surface area (Å²) in [5.74, 6) is 0.740. The summed E-state index contributed by atoms with van der Waals surface area (Å²) in [6, 6.07) is 0. The maximum Gasteiger partial charge on any atom is 0.0963 e. The molecule has 70 valence electrons. The van der Waals surface area contributed by atoms with Gasteiger partial charge in [-0.2, -0.15) is 0 Å². The Morgan fingerprint density at radius 2 is 2.42 bits per heavy atom. The van der Waals surface area contributed by atoms with Crippen molar-refractivity contribution < 1.29 is 4.74 Å². The van der Waals surface area contributed by atoms with Crippen LogP contribution in [0.5, 0.6) is 0 Å². The van der Waals surface area contributed by atoms with Gasteiger partial charge in [-0.05, 0) is 26.2 Å². The van der Waals surface area contributed by atoms with Crippen LogP contribution in [0, 0.1) is 0 Å². The predicted octanol–water partition coefficient (Wildman–Crippen LogP) is 1.32. The normalized spacial score (nSPS) is 25.8. The third-order valence-corrected chi connectivity index (χ3v) is 2.07. The van der Waals surface area contributed by atoms with Gasteiger partial charge in [-0.1, -0.05) is 0 Å². The van der Waals surface area contributed by atoms with Crippen molar-refractivity contribution in [2.24, 2.45) is 10.7 Å². The fourth-order valence-corrected chi connectivity index (χ4v) is 1.47. The highest BCUT2D eigenvalue weighted by Crippen LogP contribution is 2.15. The first-order valence-corrected chi connectivity index (χ1v) is 4.73. The summed E-state index contributed by atoms with van der Waals surface area (Å²) in [6.07, 6.45) is 4.74. The molecule has 3 heteroatoms. The molecule has 1 fully saturated rings. The van der Waals surface area contributed by atoms with Crippen LogP contribution in [0.3, 0.4) is 0 Å². The lowest BCUT2D eigenvalue weighted by molar-refractivity contribution is 0.0209. The first-order valence-electron chi connectivity index (χ1n) is 4.73. The zero-order valence-electron chi connectivity index (χ0n) is 7.75. The van der Waals surface area contributed by atoms with Crippen LogP contribution in [0.15, 0.2) is 4.99 Å². The van der Waals surface area contributed by atoms with Gasteiger partial charge in [0.15, 0.2) is 0 Å². The van der Waals surface area contributed by atoms with Gasteiger partial charge >= 0.3 is 0 Å². The topological polar surface area (TPSA) is 47.6 Å². The number of ether oxygens (including phenoxy) is 1. The Labute approximate surface area is 74.0 Å². The van der Waals surface area contributed by atoms with Crippen LogP contribution in [-0.4, -0.2) is 25.1 Å². The molecule has 0 aromatic heterocycles. The first kappa shape index (κ1) is 9.52. The number of hydrogen-bond donors (Lipinski definition) is 1. The largest absolute Gasteiger partial charge is 0.387 e. The molecule has 1 saturated heterocycles. The van der Waals surface area contributed by atoms with Gasteiger partial charge < -0.3 is 10.5 Å². The Hall–Kier alpha value is -0.570. The molecule has 0 radical (unpaired) electrons. The monoisotopic (exact) mass is 170 g/mol. The van der Waals surface area contributed by atoms with Crippen LogP contribution in [0.2, 0.25) is 0 Å². The van der Waals surface area contributed by atoms with Crippen LogP contribution < -0.4 is 5.73 Å². The lowest BCUT2D eigenvalue weighted by Crippen LogP contribution is -2.26. The number of nitrogens with zero attached hydrogens (tertiary/aromatic N) is 1. The molecule has 1 atom stereocenters. The molecular weight excluding hydrogens is 152 g/mol. The van der Waals surface area contributed by atoms with Crippen LogP contribution >= 0.6 is 0 Å². The van der Waals surface area contributed by atoms with E-state index in [1.54, 1.807) is 0 Å². The van der Waals surface area contributed by atoms with Gasteiger partial charge in [0.1, 0.15) is 0 Å². The third-order valence-electron chi connectivity index (χ3n) is 2.07. The van der Waals surface area contributed by atoms with Crippen LogP contribution in [-0.2, 0) is 4.74 Å². The molecule has 0 aliphatic carbocycles. The lowest BCUT2D eigenvalue weighted by Gasteiger charge is -2.21. The van der Waals surface area contributed by atoms with Crippen molar-refractivity contribution in [1.82, 2.24) is 0 Å². The van der Waals surface area contributed by atoms with Crippen LogP contribution in [0.25, 0.3) is 0 Å². The Morgan fingerprint density at radius 1 is 1.58 bits per heavy atom. The molecule has 1 heterocycles. The Kier molecular flexibility index (Phi) is 4.08. The average Bonchev–Trinajstić information content (AvgIpc) is 2.06. The molecule has 0 bridgehead atoms. The second-order valence-corrected chi connectivity index (χ2v) is 3.16. The summed E-state index contributed by atoms with van der Waals surface area (Å²) in [6.45, 7) is 3.66. The summed E-state index contributed by atoms with van der Waals surface area (Å²) in [4.78, 5) is 4.13. The number of aliphatic imine (C=N–C) groups is 1. The van der Waals surface area contributed by atoms with E-state index >= 15 is 0 Å². The molecule has 0 spiro atoms. The summed E-state index contributed by atoms with van der Waals surface area (Å²) in [5.41, 5.74) is 5.69. The molecule has 1 aliphatic heterocycles. The maximum atomic E-state index is 5.69. The van der Waals surface area contributed by atoms with Crippen molar-refractivity contribution in [2.45, 2.75) is 38.7 Å². The average molecular weight is 170 g/mol. The predicted molar refractivity (Wildman–Crippen MR) is 50.4 cm³/mol. The fourth-order valence-electron chi connectivity index (χ4n) is 1.47. The van der Waals surface area contributed by atoms with E-state index in [1.807, 2.05) is 6.92 Å². The molecular formula is C9H18N2O. The zero-order valence-corrected chi connectivity index (χ0v) is 7.75. The highest BCUT2D eigenvalue weighted by atomic mass is 16.5. The molecule has 1 aliphatic rings. The van der Waals surface area contributed by atoms with Gasteiger partial charge in [0.25, 0.3) is 0 Å². The Morgan fingerprint density at radius 3 is 3.00 bits per heavy atom. The van der Waals surface area contributed by atoms with Crippen LogP contribution in [0.1, 0.15) is 32.6 Å². The van der Waals surface area contributed by atoms with E-state index in [2.05, 4.69) is 4.99 Å². The van der Waals surface area contributed by atoms with Gasteiger partial charge in [0, 0.05) is 19.6 Å². The minimum absolute atomic E-state index is 0.328. The van der Waals surface area contributed by atoms with Crippen molar-refractivity contribution in [1.29, 1.82) is 0 Å². The fraction of sp³-hybridized carbons (Fsp3) is 0.889. The van der Waals surface area contributed by atoms with E-state index in [0.29, 0.717) is 6.10 Å². The van der Waals surface area contributed by atoms with E-state index in [4.69, 9.17) is 10.5 Å². The summed E-state index contributed by atoms with van der Waals surface area (Å²) in [5, 5.41) is 0. The van der Waals surface area contributed by atoms with Gasteiger partial charge in [-0.15, -0.1) is 0 Å². The second kappa shape index (κ2) is 5.14. The van der Waals surface area contributed by atoms with E-state index in [-0.39, 0.29) is 0 Å². The van der Waals surface area contributed by atoms with Gasteiger partial charge in [0.2, 0.25) is 0 Å². The minimum atomic E-state index is 0.328. The summed E-state index contributed by atoms with van der Waals surface area (Å²) >= 11 is 0. The van der Waals surface area contributed by atoms with E-state index in [1.165, 1.54) is 12.8 Å². The van der Waals surface area contributed by atoms with Gasteiger partial charge in [0.05, 0.1) is 11.9 Å². The van der Waals surface area contributed by atoms with Crippen LogP contribution in [0.4, 0.5) is 0 Å². The molecule has 0 aromatic rings. The number of rotatable bonds is 3. The standard InChI is InChI=1S/C9H18N2O/c1-2-11-9(10)7-8-5-3-4-6-12-8/h8H,2-7H2,1H3,(H2,10,11). The number of nitrogens with two attached hydrogens (primary N) is 1. The minimum Gasteiger partial charge on any atom is -0.387 e. The Bertz CT molecular complexity index is 151. The first-order chi connectivity index (χ1) is 5.83. The summed E-state index contributed by atoms with van der Waals surface area (Å²) in [7, 11) is 0. The third kappa shape index (κ3) is 3.22. The van der Waals surface area contributed by atoms with E-state index < -0.39 is 0 Å². The lowest BCUT2D eigenvalue weighted by atomic mass is 10.1. The zero-order chi connectivity index (χ0) is 8.81. The molecule has 3 nitrogen and oxygen atoms in total. The van der Waals surface area contributed by atoms with E-state index in [9.17, 15) is 0 Å². The quantitative estimate of drug-likeness (QED) is 0.513. The van der Waals surface area contributed by atoms with Crippen molar-refractivity contribution in [3.05, 3.63) is 0 Å². The molecule has 2 N–H and O–H groups in total. The smallest absolute Gasteiger partial charge is 0.0963 e. The van der Waals surface area contributed by atoms with Crippen molar-refractivity contribution in [2.75, 3.05) is 13.2 Å². The number of amidine groups is 1. The molecule has 1 rings (SSSR count). The van der Waals surface area contributed by atoms with Gasteiger partial charge in [-0.25, -0.2) is 0 Å². The molecule has 12 heavy (non-hydrogen) atoms. The SMILES string of the molecule is CCN=C(N)CC1CCCCO1. The maximum absolute atomic E-state index is 5.69. The molecule has 0 amide bonds. The Balaban J connectivity index is 2.24. The molecule has 0 saturated carbocycles. The summed E-state index contributed by atoms with van der Waals surface area (Å²) < 4.78 is 5.53. The van der Waals surface area contributed by atoms with E-state index in [0.717, 1.165) is 31.8 Å². The number of hydrogen-bond acceptors (Lipinski definition) is 2. The van der Waals surface area contributed by atoms with Crippen molar-refractivity contribution >= 4 is 5.84 Å².